The predicted molar refractivity (Wildman–Crippen MR) is 124 cm³/mol. The number of piperidine rings is 1. The average Bonchev–Trinajstić information content (AvgIpc) is 2.74. The number of hydrogen-bond donors (Lipinski definition) is 1. The lowest BCUT2D eigenvalue weighted by Crippen LogP contribution is -2.47. The molecule has 0 aliphatic carbocycles. The molecule has 1 saturated heterocycles. The van der Waals surface area contributed by atoms with Crippen molar-refractivity contribution >= 4 is 11.8 Å². The van der Waals surface area contributed by atoms with Crippen LogP contribution in [0.3, 0.4) is 0 Å². The second kappa shape index (κ2) is 9.54. The van der Waals surface area contributed by atoms with Crippen LogP contribution in [0.2, 0.25) is 0 Å². The summed E-state index contributed by atoms with van der Waals surface area (Å²) in [6, 6.07) is 13.8. The van der Waals surface area contributed by atoms with Crippen LogP contribution in [0, 0.1) is 13.8 Å². The van der Waals surface area contributed by atoms with Gasteiger partial charge in [-0.2, -0.15) is 0 Å². The van der Waals surface area contributed by atoms with E-state index in [-0.39, 0.29) is 29.9 Å². The first kappa shape index (κ1) is 22.9. The molecule has 1 aliphatic heterocycles. The number of benzene rings is 2. The first-order chi connectivity index (χ1) is 14.6. The lowest BCUT2D eigenvalue weighted by molar-refractivity contribution is -0.134. The molecule has 1 heterocycles. The van der Waals surface area contributed by atoms with Crippen molar-refractivity contribution in [1.29, 1.82) is 0 Å². The van der Waals surface area contributed by atoms with Gasteiger partial charge in [-0.25, -0.2) is 0 Å². The number of likely N-dealkylation sites (tertiary alicyclic amines) is 1. The second-order valence-corrected chi connectivity index (χ2v) is 9.44. The molecule has 31 heavy (non-hydrogen) atoms. The molecule has 1 N–H and O–H groups in total. The van der Waals surface area contributed by atoms with Gasteiger partial charge in [-0.15, -0.1) is 0 Å². The normalized spacial score (nSPS) is 14.9. The van der Waals surface area contributed by atoms with Crippen LogP contribution in [-0.4, -0.2) is 42.5 Å². The van der Waals surface area contributed by atoms with Gasteiger partial charge in [0.25, 0.3) is 11.8 Å². The molecule has 1 fully saturated rings. The molecule has 0 saturated carbocycles. The average molecular weight is 423 g/mol. The van der Waals surface area contributed by atoms with Gasteiger partial charge in [-0.1, -0.05) is 45.0 Å². The first-order valence-electron chi connectivity index (χ1n) is 11.0. The van der Waals surface area contributed by atoms with Crippen LogP contribution in [0.25, 0.3) is 0 Å². The number of carbonyl (C=O) groups is 2. The SMILES string of the molecule is Cc1cccc(OCC(=O)N2CCC(NC(=O)c3ccc(C(C)(C)C)cc3)CC2)c1C. The summed E-state index contributed by atoms with van der Waals surface area (Å²) in [5.41, 5.74) is 4.16. The lowest BCUT2D eigenvalue weighted by Gasteiger charge is -2.32. The highest BCUT2D eigenvalue weighted by molar-refractivity contribution is 5.94. The molecule has 0 bridgehead atoms. The highest BCUT2D eigenvalue weighted by Crippen LogP contribution is 2.23. The molecule has 5 nitrogen and oxygen atoms in total. The molecule has 5 heteroatoms. The molecule has 0 aromatic heterocycles. The van der Waals surface area contributed by atoms with Crippen LogP contribution in [0.15, 0.2) is 42.5 Å². The van der Waals surface area contributed by atoms with E-state index < -0.39 is 0 Å². The van der Waals surface area contributed by atoms with E-state index in [1.807, 2.05) is 61.2 Å². The van der Waals surface area contributed by atoms with Crippen LogP contribution in [0.1, 0.15) is 60.7 Å². The molecular weight excluding hydrogens is 388 g/mol. The second-order valence-electron chi connectivity index (χ2n) is 9.44. The Labute approximate surface area is 185 Å². The molecule has 0 spiro atoms. The van der Waals surface area contributed by atoms with Crippen LogP contribution in [-0.2, 0) is 10.2 Å². The topological polar surface area (TPSA) is 58.6 Å². The molecule has 0 unspecified atom stereocenters. The van der Waals surface area contributed by atoms with E-state index in [0.717, 1.165) is 29.7 Å². The molecule has 0 radical (unpaired) electrons. The maximum absolute atomic E-state index is 12.6. The molecule has 3 rings (SSSR count). The Morgan fingerprint density at radius 1 is 1.03 bits per heavy atom. The fraction of sp³-hybridized carbons (Fsp3) is 0.462. The zero-order valence-electron chi connectivity index (χ0n) is 19.3. The van der Waals surface area contributed by atoms with Crippen molar-refractivity contribution in [2.45, 2.75) is 58.9 Å². The number of amides is 2. The minimum Gasteiger partial charge on any atom is -0.483 e. The third kappa shape index (κ3) is 5.87. The fourth-order valence-electron chi connectivity index (χ4n) is 3.77. The number of rotatable bonds is 5. The van der Waals surface area contributed by atoms with E-state index in [9.17, 15) is 9.59 Å². The summed E-state index contributed by atoms with van der Waals surface area (Å²) >= 11 is 0. The highest BCUT2D eigenvalue weighted by Gasteiger charge is 2.25. The quantitative estimate of drug-likeness (QED) is 0.777. The third-order valence-corrected chi connectivity index (χ3v) is 6.10. The van der Waals surface area contributed by atoms with E-state index in [1.54, 1.807) is 0 Å². The van der Waals surface area contributed by atoms with Gasteiger partial charge in [-0.05, 0) is 67.0 Å². The first-order valence-corrected chi connectivity index (χ1v) is 11.0. The summed E-state index contributed by atoms with van der Waals surface area (Å²) < 4.78 is 5.75. The predicted octanol–water partition coefficient (Wildman–Crippen LogP) is 4.40. The number of nitrogens with zero attached hydrogens (tertiary/aromatic N) is 1. The Balaban J connectivity index is 1.46. The maximum Gasteiger partial charge on any atom is 0.260 e. The fourth-order valence-corrected chi connectivity index (χ4v) is 3.77. The monoisotopic (exact) mass is 422 g/mol. The van der Waals surface area contributed by atoms with E-state index in [1.165, 1.54) is 5.56 Å². The van der Waals surface area contributed by atoms with Gasteiger partial charge >= 0.3 is 0 Å². The molecular formula is C26H34N2O3. The van der Waals surface area contributed by atoms with Crippen molar-refractivity contribution in [2.75, 3.05) is 19.7 Å². The Kier molecular flexibility index (Phi) is 7.04. The third-order valence-electron chi connectivity index (χ3n) is 6.10. The largest absolute Gasteiger partial charge is 0.483 e. The lowest BCUT2D eigenvalue weighted by atomic mass is 9.86. The van der Waals surface area contributed by atoms with Crippen LogP contribution in [0.4, 0.5) is 0 Å². The highest BCUT2D eigenvalue weighted by atomic mass is 16.5. The number of nitrogens with one attached hydrogen (secondary N) is 1. The summed E-state index contributed by atoms with van der Waals surface area (Å²) in [5.74, 6) is 0.694. The van der Waals surface area contributed by atoms with E-state index in [2.05, 4.69) is 26.1 Å². The Hall–Kier alpha value is -2.82. The summed E-state index contributed by atoms with van der Waals surface area (Å²) in [6.45, 7) is 11.8. The van der Waals surface area contributed by atoms with Gasteiger partial charge in [0, 0.05) is 24.7 Å². The van der Waals surface area contributed by atoms with Crippen molar-refractivity contribution in [3.8, 4) is 5.75 Å². The van der Waals surface area contributed by atoms with Crippen LogP contribution < -0.4 is 10.1 Å². The van der Waals surface area contributed by atoms with E-state index in [0.29, 0.717) is 18.7 Å². The molecule has 0 atom stereocenters. The Morgan fingerprint density at radius 2 is 1.68 bits per heavy atom. The van der Waals surface area contributed by atoms with Crippen molar-refractivity contribution in [3.05, 3.63) is 64.7 Å². The van der Waals surface area contributed by atoms with Crippen molar-refractivity contribution < 1.29 is 14.3 Å². The van der Waals surface area contributed by atoms with Gasteiger partial charge < -0.3 is 15.0 Å². The number of aryl methyl sites for hydroxylation is 1. The Morgan fingerprint density at radius 3 is 2.29 bits per heavy atom. The van der Waals surface area contributed by atoms with Gasteiger partial charge in [0.05, 0.1) is 0 Å². The molecule has 1 aliphatic rings. The van der Waals surface area contributed by atoms with Crippen molar-refractivity contribution in [2.24, 2.45) is 0 Å². The maximum atomic E-state index is 12.6. The smallest absolute Gasteiger partial charge is 0.260 e. The summed E-state index contributed by atoms with van der Waals surface area (Å²) in [7, 11) is 0. The number of ether oxygens (including phenoxy) is 1. The van der Waals surface area contributed by atoms with Gasteiger partial charge in [-0.3, -0.25) is 9.59 Å². The Bertz CT molecular complexity index is 921. The zero-order valence-corrected chi connectivity index (χ0v) is 19.3. The molecule has 2 aromatic rings. The van der Waals surface area contributed by atoms with Crippen molar-refractivity contribution in [3.63, 3.8) is 0 Å². The summed E-state index contributed by atoms with van der Waals surface area (Å²) in [6.07, 6.45) is 1.50. The number of carbonyl (C=O) groups excluding carboxylic acids is 2. The summed E-state index contributed by atoms with van der Waals surface area (Å²) in [5, 5.41) is 3.12. The van der Waals surface area contributed by atoms with Crippen LogP contribution >= 0.6 is 0 Å². The molecule has 2 amide bonds. The van der Waals surface area contributed by atoms with Gasteiger partial charge in [0.15, 0.2) is 6.61 Å². The van der Waals surface area contributed by atoms with Gasteiger partial charge in [0.1, 0.15) is 5.75 Å². The minimum atomic E-state index is -0.0523. The number of hydrogen-bond acceptors (Lipinski definition) is 3. The van der Waals surface area contributed by atoms with Crippen molar-refractivity contribution in [1.82, 2.24) is 10.2 Å². The zero-order chi connectivity index (χ0) is 22.6. The molecule has 2 aromatic carbocycles. The minimum absolute atomic E-state index is 0.0107. The van der Waals surface area contributed by atoms with Crippen LogP contribution in [0.5, 0.6) is 5.75 Å². The van der Waals surface area contributed by atoms with Gasteiger partial charge in [0.2, 0.25) is 0 Å². The summed E-state index contributed by atoms with van der Waals surface area (Å²) in [4.78, 5) is 27.0. The molecule has 166 valence electrons. The van der Waals surface area contributed by atoms with E-state index >= 15 is 0 Å². The standard InChI is InChI=1S/C26H34N2O3/c1-18-7-6-8-23(19(18)2)31-17-24(29)28-15-13-22(14-16-28)27-25(30)20-9-11-21(12-10-20)26(3,4)5/h6-12,22H,13-17H2,1-5H3,(H,27,30). The van der Waals surface area contributed by atoms with E-state index in [4.69, 9.17) is 4.74 Å².